The predicted molar refractivity (Wildman–Crippen MR) is 94.3 cm³/mol. The van der Waals surface area contributed by atoms with E-state index in [-0.39, 0.29) is 11.9 Å². The summed E-state index contributed by atoms with van der Waals surface area (Å²) >= 11 is 0. The van der Waals surface area contributed by atoms with Gasteiger partial charge in [0.1, 0.15) is 5.76 Å². The molecule has 0 aliphatic carbocycles. The third-order valence-corrected chi connectivity index (χ3v) is 4.49. The summed E-state index contributed by atoms with van der Waals surface area (Å²) in [6.07, 6.45) is 0. The number of benzene rings is 1. The van der Waals surface area contributed by atoms with Gasteiger partial charge in [-0.05, 0) is 38.5 Å². The van der Waals surface area contributed by atoms with Gasteiger partial charge in [-0.1, -0.05) is 17.3 Å². The van der Waals surface area contributed by atoms with E-state index in [9.17, 15) is 4.79 Å². The van der Waals surface area contributed by atoms with Crippen LogP contribution < -0.4 is 10.2 Å². The second kappa shape index (κ2) is 7.05. The van der Waals surface area contributed by atoms with Gasteiger partial charge >= 0.3 is 0 Å². The normalized spacial score (nSPS) is 16.9. The van der Waals surface area contributed by atoms with Gasteiger partial charge in [0, 0.05) is 37.9 Å². The highest BCUT2D eigenvalue weighted by Gasteiger charge is 2.26. The number of hydrogen-bond acceptors (Lipinski definition) is 5. The maximum absolute atomic E-state index is 12.4. The summed E-state index contributed by atoms with van der Waals surface area (Å²) in [5, 5.41) is 6.62. The van der Waals surface area contributed by atoms with Crippen molar-refractivity contribution in [3.63, 3.8) is 0 Å². The third kappa shape index (κ3) is 3.76. The maximum Gasteiger partial charge on any atom is 0.242 e. The van der Waals surface area contributed by atoms with E-state index >= 15 is 0 Å². The smallest absolute Gasteiger partial charge is 0.242 e. The van der Waals surface area contributed by atoms with Crippen molar-refractivity contribution in [2.24, 2.45) is 0 Å². The molecule has 0 bridgehead atoms. The second-order valence-electron chi connectivity index (χ2n) is 6.35. The second-order valence-corrected chi connectivity index (χ2v) is 6.35. The number of piperazine rings is 1. The minimum Gasteiger partial charge on any atom is -0.369 e. The first-order valence-corrected chi connectivity index (χ1v) is 8.33. The zero-order chi connectivity index (χ0) is 17.1. The molecule has 2 heterocycles. The van der Waals surface area contributed by atoms with E-state index in [4.69, 9.17) is 4.52 Å². The monoisotopic (exact) mass is 328 g/mol. The molecule has 1 aromatic carbocycles. The van der Waals surface area contributed by atoms with Gasteiger partial charge in [0.25, 0.3) is 0 Å². The van der Waals surface area contributed by atoms with Crippen LogP contribution in [0.3, 0.4) is 0 Å². The van der Waals surface area contributed by atoms with Gasteiger partial charge in [0.05, 0.1) is 6.04 Å². The molecule has 24 heavy (non-hydrogen) atoms. The number of aromatic nitrogens is 1. The Labute approximate surface area is 142 Å². The highest BCUT2D eigenvalue weighted by atomic mass is 16.5. The van der Waals surface area contributed by atoms with Gasteiger partial charge in [-0.2, -0.15) is 0 Å². The minimum absolute atomic E-state index is 0.0488. The van der Waals surface area contributed by atoms with Crippen LogP contribution in [0.25, 0.3) is 0 Å². The SMILES string of the molecule is Cc1cccc(N2CCN([C@@H](C)C(=O)Nc3cc(C)on3)CC2)c1. The molecule has 0 radical (unpaired) electrons. The van der Waals surface area contributed by atoms with Crippen LogP contribution in [0.5, 0.6) is 0 Å². The molecule has 1 N–H and O–H groups in total. The van der Waals surface area contributed by atoms with Gasteiger partial charge in [-0.25, -0.2) is 0 Å². The largest absolute Gasteiger partial charge is 0.369 e. The molecule has 2 aromatic rings. The van der Waals surface area contributed by atoms with Crippen molar-refractivity contribution in [3.05, 3.63) is 41.7 Å². The zero-order valence-corrected chi connectivity index (χ0v) is 14.5. The van der Waals surface area contributed by atoms with Gasteiger partial charge in [-0.3, -0.25) is 9.69 Å². The van der Waals surface area contributed by atoms with Gasteiger partial charge in [-0.15, -0.1) is 0 Å². The molecule has 1 saturated heterocycles. The Hall–Kier alpha value is -2.34. The Kier molecular flexibility index (Phi) is 4.85. The topological polar surface area (TPSA) is 61.6 Å². The molecular formula is C18H24N4O2. The molecular weight excluding hydrogens is 304 g/mol. The molecule has 1 aliphatic rings. The van der Waals surface area contributed by atoms with Crippen LogP contribution >= 0.6 is 0 Å². The lowest BCUT2D eigenvalue weighted by Crippen LogP contribution is -2.52. The summed E-state index contributed by atoms with van der Waals surface area (Å²) < 4.78 is 4.98. The number of hydrogen-bond donors (Lipinski definition) is 1. The van der Waals surface area contributed by atoms with Gasteiger partial charge in [0.15, 0.2) is 5.82 Å². The summed E-state index contributed by atoms with van der Waals surface area (Å²) in [6, 6.07) is 10.1. The lowest BCUT2D eigenvalue weighted by Gasteiger charge is -2.38. The first-order chi connectivity index (χ1) is 11.5. The first kappa shape index (κ1) is 16.5. The van der Waals surface area contributed by atoms with E-state index in [1.165, 1.54) is 11.3 Å². The van der Waals surface area contributed by atoms with E-state index in [0.29, 0.717) is 11.6 Å². The molecule has 128 valence electrons. The third-order valence-electron chi connectivity index (χ3n) is 4.49. The van der Waals surface area contributed by atoms with Crippen molar-refractivity contribution in [1.82, 2.24) is 10.1 Å². The van der Waals surface area contributed by atoms with Crippen LogP contribution in [-0.4, -0.2) is 48.2 Å². The number of carbonyl (C=O) groups excluding carboxylic acids is 1. The van der Waals surface area contributed by atoms with E-state index in [0.717, 1.165) is 26.2 Å². The van der Waals surface area contributed by atoms with E-state index < -0.39 is 0 Å². The van der Waals surface area contributed by atoms with Gasteiger partial charge < -0.3 is 14.7 Å². The number of nitrogens with zero attached hydrogens (tertiary/aromatic N) is 3. The minimum atomic E-state index is -0.193. The number of aryl methyl sites for hydroxylation is 2. The molecule has 3 rings (SSSR count). The average Bonchev–Trinajstić information content (AvgIpc) is 2.99. The first-order valence-electron chi connectivity index (χ1n) is 8.33. The van der Waals surface area contributed by atoms with E-state index in [2.05, 4.69) is 51.5 Å². The summed E-state index contributed by atoms with van der Waals surface area (Å²) in [6.45, 7) is 9.41. The van der Waals surface area contributed by atoms with E-state index in [1.54, 1.807) is 13.0 Å². The van der Waals surface area contributed by atoms with Crippen molar-refractivity contribution < 1.29 is 9.32 Å². The lowest BCUT2D eigenvalue weighted by atomic mass is 10.1. The van der Waals surface area contributed by atoms with Crippen LogP contribution in [0.1, 0.15) is 18.2 Å². The van der Waals surface area contributed by atoms with Crippen molar-refractivity contribution in [2.75, 3.05) is 36.4 Å². The van der Waals surface area contributed by atoms with E-state index in [1.807, 2.05) is 6.92 Å². The van der Waals surface area contributed by atoms with Crippen molar-refractivity contribution in [1.29, 1.82) is 0 Å². The molecule has 6 nitrogen and oxygen atoms in total. The molecule has 1 aromatic heterocycles. The molecule has 1 amide bonds. The molecule has 0 unspecified atom stereocenters. The summed E-state index contributed by atoms with van der Waals surface area (Å²) in [4.78, 5) is 16.9. The standard InChI is InChI=1S/C18H24N4O2/c1-13-5-4-6-16(11-13)22-9-7-21(8-10-22)15(3)18(23)19-17-12-14(2)24-20-17/h4-6,11-12,15H,7-10H2,1-3H3,(H,19,20,23)/t15-/m0/s1. The summed E-state index contributed by atoms with van der Waals surface area (Å²) in [5.74, 6) is 1.11. The number of amides is 1. The average molecular weight is 328 g/mol. The highest BCUT2D eigenvalue weighted by molar-refractivity contribution is 5.93. The number of nitrogens with one attached hydrogen (secondary N) is 1. The Bertz CT molecular complexity index is 705. The van der Waals surface area contributed by atoms with Crippen LogP contribution in [0, 0.1) is 13.8 Å². The highest BCUT2D eigenvalue weighted by Crippen LogP contribution is 2.19. The van der Waals surface area contributed by atoms with Crippen LogP contribution in [0.15, 0.2) is 34.9 Å². The fraction of sp³-hybridized carbons (Fsp3) is 0.444. The molecule has 0 spiro atoms. The van der Waals surface area contributed by atoms with Crippen LogP contribution in [0.2, 0.25) is 0 Å². The van der Waals surface area contributed by atoms with Crippen LogP contribution in [0.4, 0.5) is 11.5 Å². The molecule has 0 saturated carbocycles. The predicted octanol–water partition coefficient (Wildman–Crippen LogP) is 2.44. The number of carbonyl (C=O) groups is 1. The Morgan fingerprint density at radius 2 is 1.96 bits per heavy atom. The summed E-state index contributed by atoms with van der Waals surface area (Å²) in [7, 11) is 0. The maximum atomic E-state index is 12.4. The van der Waals surface area contributed by atoms with Crippen LogP contribution in [-0.2, 0) is 4.79 Å². The Balaban J connectivity index is 1.54. The molecule has 1 aliphatic heterocycles. The lowest BCUT2D eigenvalue weighted by molar-refractivity contribution is -0.120. The fourth-order valence-corrected chi connectivity index (χ4v) is 3.01. The Morgan fingerprint density at radius 1 is 1.21 bits per heavy atom. The quantitative estimate of drug-likeness (QED) is 0.934. The number of rotatable bonds is 4. The molecule has 1 fully saturated rings. The van der Waals surface area contributed by atoms with Crippen molar-refractivity contribution in [3.8, 4) is 0 Å². The molecule has 1 atom stereocenters. The zero-order valence-electron chi connectivity index (χ0n) is 14.5. The molecule has 6 heteroatoms. The van der Waals surface area contributed by atoms with Crippen molar-refractivity contribution in [2.45, 2.75) is 26.8 Å². The fourth-order valence-electron chi connectivity index (χ4n) is 3.01. The Morgan fingerprint density at radius 3 is 2.58 bits per heavy atom. The van der Waals surface area contributed by atoms with Gasteiger partial charge in [0.2, 0.25) is 5.91 Å². The van der Waals surface area contributed by atoms with Crippen molar-refractivity contribution >= 4 is 17.4 Å². The summed E-state index contributed by atoms with van der Waals surface area (Å²) in [5.41, 5.74) is 2.52. The number of anilines is 2.